The summed E-state index contributed by atoms with van der Waals surface area (Å²) in [5, 5.41) is 12.2. The molecule has 1 N–H and O–H groups in total. The summed E-state index contributed by atoms with van der Waals surface area (Å²) in [5.74, 6) is 0.280. The Morgan fingerprint density at radius 3 is 2.48 bits per heavy atom. The molecule has 0 aromatic heterocycles. The molecular formula is C22H28ClNO. The SMILES string of the molecule is CN(C)c1ccc(CC2CCCCC2(O)Cc2ccccc2Cl)cc1. The fourth-order valence-corrected chi connectivity index (χ4v) is 4.21. The minimum Gasteiger partial charge on any atom is -0.389 e. The number of benzene rings is 2. The molecule has 1 aliphatic rings. The Kier molecular flexibility index (Phi) is 5.71. The molecule has 2 aromatic rings. The molecule has 0 bridgehead atoms. The molecular weight excluding hydrogens is 330 g/mol. The fourth-order valence-electron chi connectivity index (χ4n) is 4.01. The Labute approximate surface area is 156 Å². The molecule has 0 spiro atoms. The van der Waals surface area contributed by atoms with Gasteiger partial charge in [0.05, 0.1) is 5.60 Å². The Morgan fingerprint density at radius 2 is 1.80 bits per heavy atom. The van der Waals surface area contributed by atoms with Gasteiger partial charge in [-0.15, -0.1) is 0 Å². The van der Waals surface area contributed by atoms with E-state index in [1.165, 1.54) is 17.7 Å². The highest BCUT2D eigenvalue weighted by atomic mass is 35.5. The molecule has 2 unspecified atom stereocenters. The standard InChI is InChI=1S/C22H28ClNO/c1-24(2)20-12-10-17(11-13-20)15-19-8-5-6-14-22(19,25)16-18-7-3-4-9-21(18)23/h3-4,7,9-13,19,25H,5-6,8,14-16H2,1-2H3. The summed E-state index contributed by atoms with van der Waals surface area (Å²) < 4.78 is 0. The molecule has 1 fully saturated rings. The lowest BCUT2D eigenvalue weighted by molar-refractivity contribution is -0.0476. The van der Waals surface area contributed by atoms with Gasteiger partial charge in [-0.2, -0.15) is 0 Å². The Hall–Kier alpha value is -1.51. The second kappa shape index (κ2) is 7.80. The lowest BCUT2D eigenvalue weighted by atomic mass is 9.70. The molecule has 2 nitrogen and oxygen atoms in total. The van der Waals surface area contributed by atoms with E-state index in [-0.39, 0.29) is 5.92 Å². The van der Waals surface area contributed by atoms with Crippen molar-refractivity contribution in [1.29, 1.82) is 0 Å². The van der Waals surface area contributed by atoms with Crippen LogP contribution in [-0.2, 0) is 12.8 Å². The normalized spacial score (nSPS) is 23.4. The van der Waals surface area contributed by atoms with Crippen LogP contribution in [0.3, 0.4) is 0 Å². The van der Waals surface area contributed by atoms with Crippen LogP contribution in [0.25, 0.3) is 0 Å². The van der Waals surface area contributed by atoms with Gasteiger partial charge in [-0.3, -0.25) is 0 Å². The summed E-state index contributed by atoms with van der Waals surface area (Å²) >= 11 is 6.34. The number of hydrogen-bond acceptors (Lipinski definition) is 2. The van der Waals surface area contributed by atoms with Crippen molar-refractivity contribution < 1.29 is 5.11 Å². The van der Waals surface area contributed by atoms with E-state index >= 15 is 0 Å². The summed E-state index contributed by atoms with van der Waals surface area (Å²) in [7, 11) is 4.11. The molecule has 3 heteroatoms. The minimum atomic E-state index is -0.663. The summed E-state index contributed by atoms with van der Waals surface area (Å²) in [5.41, 5.74) is 2.90. The first-order valence-corrected chi connectivity index (χ1v) is 9.58. The molecule has 0 amide bonds. The zero-order valence-electron chi connectivity index (χ0n) is 15.2. The van der Waals surface area contributed by atoms with E-state index < -0.39 is 5.60 Å². The first-order chi connectivity index (χ1) is 12.0. The molecule has 0 aliphatic heterocycles. The average Bonchev–Trinajstić information content (AvgIpc) is 2.60. The van der Waals surface area contributed by atoms with Crippen molar-refractivity contribution in [3.63, 3.8) is 0 Å². The maximum absolute atomic E-state index is 11.4. The molecule has 0 radical (unpaired) electrons. The van der Waals surface area contributed by atoms with E-state index in [9.17, 15) is 5.11 Å². The van der Waals surface area contributed by atoms with Crippen LogP contribution in [0.2, 0.25) is 5.02 Å². The van der Waals surface area contributed by atoms with Gasteiger partial charge in [-0.1, -0.05) is 54.8 Å². The Bertz CT molecular complexity index is 697. The second-order valence-corrected chi connectivity index (χ2v) is 7.99. The Morgan fingerprint density at radius 1 is 1.08 bits per heavy atom. The van der Waals surface area contributed by atoms with E-state index in [1.807, 2.05) is 24.3 Å². The number of hydrogen-bond donors (Lipinski definition) is 1. The molecule has 1 aliphatic carbocycles. The van der Waals surface area contributed by atoms with Crippen molar-refractivity contribution >= 4 is 17.3 Å². The number of nitrogens with zero attached hydrogens (tertiary/aromatic N) is 1. The maximum atomic E-state index is 11.4. The predicted octanol–water partition coefficient (Wildman–Crippen LogP) is 5.11. The van der Waals surface area contributed by atoms with Crippen LogP contribution in [-0.4, -0.2) is 24.8 Å². The summed E-state index contributed by atoms with van der Waals surface area (Å²) in [6.07, 6.45) is 5.80. The quantitative estimate of drug-likeness (QED) is 0.803. The predicted molar refractivity (Wildman–Crippen MR) is 107 cm³/mol. The smallest absolute Gasteiger partial charge is 0.0719 e. The Balaban J connectivity index is 1.77. The molecule has 25 heavy (non-hydrogen) atoms. The van der Waals surface area contributed by atoms with Gasteiger partial charge in [0.2, 0.25) is 0 Å². The summed E-state index contributed by atoms with van der Waals surface area (Å²) in [4.78, 5) is 2.11. The van der Waals surface area contributed by atoms with Crippen LogP contribution in [0.15, 0.2) is 48.5 Å². The van der Waals surface area contributed by atoms with E-state index in [2.05, 4.69) is 43.3 Å². The van der Waals surface area contributed by atoms with Crippen LogP contribution in [0.1, 0.15) is 36.8 Å². The monoisotopic (exact) mass is 357 g/mol. The van der Waals surface area contributed by atoms with E-state index in [1.54, 1.807) is 0 Å². The molecule has 2 atom stereocenters. The molecule has 1 saturated carbocycles. The molecule has 2 aromatic carbocycles. The van der Waals surface area contributed by atoms with Gasteiger partial charge >= 0.3 is 0 Å². The van der Waals surface area contributed by atoms with Crippen molar-refractivity contribution in [3.8, 4) is 0 Å². The average molecular weight is 358 g/mol. The van der Waals surface area contributed by atoms with Crippen molar-refractivity contribution in [2.45, 2.75) is 44.1 Å². The lowest BCUT2D eigenvalue weighted by Gasteiger charge is -2.40. The highest BCUT2D eigenvalue weighted by Crippen LogP contribution is 2.39. The second-order valence-electron chi connectivity index (χ2n) is 7.58. The van der Waals surface area contributed by atoms with Crippen LogP contribution >= 0.6 is 11.6 Å². The maximum Gasteiger partial charge on any atom is 0.0719 e. The topological polar surface area (TPSA) is 23.5 Å². The summed E-state index contributed by atoms with van der Waals surface area (Å²) in [6.45, 7) is 0. The molecule has 0 heterocycles. The van der Waals surface area contributed by atoms with E-state index in [4.69, 9.17) is 11.6 Å². The number of anilines is 1. The van der Waals surface area contributed by atoms with Crippen molar-refractivity contribution in [3.05, 3.63) is 64.7 Å². The molecule has 134 valence electrons. The third kappa shape index (κ3) is 4.37. The fraction of sp³-hybridized carbons (Fsp3) is 0.455. The van der Waals surface area contributed by atoms with Gasteiger partial charge in [0.25, 0.3) is 0 Å². The van der Waals surface area contributed by atoms with Crippen LogP contribution in [0.5, 0.6) is 0 Å². The van der Waals surface area contributed by atoms with Gasteiger partial charge < -0.3 is 10.0 Å². The van der Waals surface area contributed by atoms with Gasteiger partial charge in [-0.25, -0.2) is 0 Å². The highest BCUT2D eigenvalue weighted by molar-refractivity contribution is 6.31. The van der Waals surface area contributed by atoms with Gasteiger partial charge in [0.1, 0.15) is 0 Å². The number of aliphatic hydroxyl groups is 1. The molecule has 3 rings (SSSR count). The van der Waals surface area contributed by atoms with Crippen molar-refractivity contribution in [2.75, 3.05) is 19.0 Å². The first kappa shape index (κ1) is 18.3. The van der Waals surface area contributed by atoms with E-state index in [0.717, 1.165) is 36.3 Å². The minimum absolute atomic E-state index is 0.280. The van der Waals surface area contributed by atoms with Crippen molar-refractivity contribution in [2.24, 2.45) is 5.92 Å². The van der Waals surface area contributed by atoms with Crippen LogP contribution in [0.4, 0.5) is 5.69 Å². The molecule has 0 saturated heterocycles. The van der Waals surface area contributed by atoms with Crippen molar-refractivity contribution in [1.82, 2.24) is 0 Å². The van der Waals surface area contributed by atoms with Gasteiger partial charge in [0, 0.05) is 31.2 Å². The summed E-state index contributed by atoms with van der Waals surface area (Å²) in [6, 6.07) is 16.6. The largest absolute Gasteiger partial charge is 0.389 e. The van der Waals surface area contributed by atoms with Gasteiger partial charge in [-0.05, 0) is 54.5 Å². The number of halogens is 1. The first-order valence-electron chi connectivity index (χ1n) is 9.20. The third-order valence-electron chi connectivity index (χ3n) is 5.56. The van der Waals surface area contributed by atoms with Gasteiger partial charge in [0.15, 0.2) is 0 Å². The van der Waals surface area contributed by atoms with Crippen LogP contribution in [0, 0.1) is 5.92 Å². The number of rotatable bonds is 5. The lowest BCUT2D eigenvalue weighted by Crippen LogP contribution is -2.43. The van der Waals surface area contributed by atoms with Crippen LogP contribution < -0.4 is 4.90 Å². The zero-order valence-corrected chi connectivity index (χ0v) is 16.0. The third-order valence-corrected chi connectivity index (χ3v) is 5.93. The zero-order chi connectivity index (χ0) is 17.9. The highest BCUT2D eigenvalue weighted by Gasteiger charge is 2.39. The van der Waals surface area contributed by atoms with E-state index in [0.29, 0.717) is 6.42 Å².